The molecule has 0 radical (unpaired) electrons. The molecule has 1 aliphatic rings. The largest absolute Gasteiger partial charge is 0.350 e. The molecule has 0 spiro atoms. The Hall–Kier alpha value is -1.66. The first-order valence-electron chi connectivity index (χ1n) is 6.78. The molecule has 21 heavy (non-hydrogen) atoms. The van der Waals surface area contributed by atoms with Crippen molar-refractivity contribution in [2.75, 3.05) is 6.54 Å². The minimum atomic E-state index is -0.568. The van der Waals surface area contributed by atoms with Gasteiger partial charge in [0.25, 0.3) is 5.69 Å². The smallest absolute Gasteiger partial charge is 0.274 e. The molecule has 1 atom stereocenters. The number of nitrogens with zero attached hydrogens (tertiary/aromatic N) is 1. The minimum Gasteiger partial charge on any atom is -0.350 e. The predicted molar refractivity (Wildman–Crippen MR) is 82.4 cm³/mol. The van der Waals surface area contributed by atoms with Crippen molar-refractivity contribution >= 4 is 24.0 Å². The molecule has 6 nitrogen and oxygen atoms in total. The molecule has 2 rings (SSSR count). The molecule has 7 heteroatoms. The number of rotatable bonds is 4. The van der Waals surface area contributed by atoms with Crippen molar-refractivity contribution in [2.45, 2.75) is 38.3 Å². The molecule has 1 saturated heterocycles. The Morgan fingerprint density at radius 2 is 2.14 bits per heavy atom. The van der Waals surface area contributed by atoms with Gasteiger partial charge in [-0.25, -0.2) is 0 Å². The second-order valence-electron chi connectivity index (χ2n) is 5.28. The van der Waals surface area contributed by atoms with Crippen LogP contribution in [0.1, 0.15) is 31.7 Å². The van der Waals surface area contributed by atoms with Crippen LogP contribution in [0.4, 0.5) is 5.69 Å². The fraction of sp³-hybridized carbons (Fsp3) is 0.500. The van der Waals surface area contributed by atoms with E-state index >= 15 is 0 Å². The number of halogens is 1. The van der Waals surface area contributed by atoms with Crippen LogP contribution in [0.5, 0.6) is 0 Å². The molecular formula is C14H20ClN3O3. The Labute approximate surface area is 129 Å². The lowest BCUT2D eigenvalue weighted by Crippen LogP contribution is -2.56. The quantitative estimate of drug-likeness (QED) is 0.659. The van der Waals surface area contributed by atoms with Crippen LogP contribution in [0.25, 0.3) is 0 Å². The molecule has 0 bridgehead atoms. The fourth-order valence-corrected chi connectivity index (χ4v) is 2.46. The van der Waals surface area contributed by atoms with Crippen molar-refractivity contribution in [2.24, 2.45) is 0 Å². The van der Waals surface area contributed by atoms with Crippen molar-refractivity contribution in [1.29, 1.82) is 0 Å². The van der Waals surface area contributed by atoms with Crippen LogP contribution >= 0.6 is 12.4 Å². The van der Waals surface area contributed by atoms with Gasteiger partial charge in [0.1, 0.15) is 0 Å². The Bertz CT molecular complexity index is 516. The standard InChI is InChI=1S/C14H19N3O3.ClH/c1-14(8-4-5-9-16-14)13(18)15-10-11-6-2-3-7-12(11)17(19)20;/h2-3,6-7,16H,4-5,8-10H2,1H3,(H,15,18);1H. The van der Waals surface area contributed by atoms with Crippen LogP contribution in [0.3, 0.4) is 0 Å². The van der Waals surface area contributed by atoms with E-state index in [1.54, 1.807) is 18.2 Å². The number of nitro benzene ring substituents is 1. The van der Waals surface area contributed by atoms with E-state index in [0.29, 0.717) is 5.56 Å². The zero-order valence-electron chi connectivity index (χ0n) is 11.9. The molecule has 1 aromatic rings. The summed E-state index contributed by atoms with van der Waals surface area (Å²) in [6.45, 7) is 2.88. The third-order valence-corrected chi connectivity index (χ3v) is 3.75. The Morgan fingerprint density at radius 1 is 1.43 bits per heavy atom. The van der Waals surface area contributed by atoms with Crippen LogP contribution in [0, 0.1) is 10.1 Å². The molecule has 1 amide bonds. The van der Waals surface area contributed by atoms with Crippen LogP contribution in [0.15, 0.2) is 24.3 Å². The summed E-state index contributed by atoms with van der Waals surface area (Å²) in [5, 5.41) is 16.9. The van der Waals surface area contributed by atoms with Crippen molar-refractivity contribution in [3.8, 4) is 0 Å². The first-order chi connectivity index (χ1) is 9.53. The maximum atomic E-state index is 12.2. The average molecular weight is 314 g/mol. The normalized spacial score (nSPS) is 21.2. The summed E-state index contributed by atoms with van der Waals surface area (Å²) in [6, 6.07) is 6.46. The zero-order valence-corrected chi connectivity index (χ0v) is 12.7. The lowest BCUT2D eigenvalue weighted by molar-refractivity contribution is -0.385. The van der Waals surface area contributed by atoms with Gasteiger partial charge in [0, 0.05) is 18.2 Å². The van der Waals surface area contributed by atoms with E-state index in [1.165, 1.54) is 6.07 Å². The summed E-state index contributed by atoms with van der Waals surface area (Å²) in [5.41, 5.74) is -0.0123. The second kappa shape index (κ2) is 7.38. The highest BCUT2D eigenvalue weighted by molar-refractivity contribution is 5.86. The number of para-hydroxylation sites is 1. The molecule has 116 valence electrons. The van der Waals surface area contributed by atoms with Crippen LogP contribution in [0.2, 0.25) is 0 Å². The first-order valence-corrected chi connectivity index (χ1v) is 6.78. The topological polar surface area (TPSA) is 84.3 Å². The van der Waals surface area contributed by atoms with Crippen LogP contribution in [-0.2, 0) is 11.3 Å². The van der Waals surface area contributed by atoms with E-state index in [9.17, 15) is 14.9 Å². The number of benzene rings is 1. The zero-order chi connectivity index (χ0) is 14.6. The monoisotopic (exact) mass is 313 g/mol. The van der Waals surface area contributed by atoms with Gasteiger partial charge in [0.15, 0.2) is 0 Å². The van der Waals surface area contributed by atoms with Crippen LogP contribution in [-0.4, -0.2) is 22.9 Å². The van der Waals surface area contributed by atoms with Crippen molar-refractivity contribution < 1.29 is 9.72 Å². The molecule has 1 unspecified atom stereocenters. The summed E-state index contributed by atoms with van der Waals surface area (Å²) in [7, 11) is 0. The molecule has 1 aliphatic heterocycles. The van der Waals surface area contributed by atoms with Crippen LogP contribution < -0.4 is 10.6 Å². The summed E-state index contributed by atoms with van der Waals surface area (Å²) in [4.78, 5) is 22.7. The number of carbonyl (C=O) groups excluding carboxylic acids is 1. The van der Waals surface area contributed by atoms with Gasteiger partial charge in [0.2, 0.25) is 5.91 Å². The van der Waals surface area contributed by atoms with Crippen molar-refractivity contribution in [3.05, 3.63) is 39.9 Å². The summed E-state index contributed by atoms with van der Waals surface area (Å²) >= 11 is 0. The van der Waals surface area contributed by atoms with Crippen molar-refractivity contribution in [1.82, 2.24) is 10.6 Å². The predicted octanol–water partition coefficient (Wildman–Crippen LogP) is 2.16. The average Bonchev–Trinajstić information content (AvgIpc) is 2.45. The molecule has 0 aromatic heterocycles. The number of nitro groups is 1. The highest BCUT2D eigenvalue weighted by Crippen LogP contribution is 2.20. The van der Waals surface area contributed by atoms with E-state index in [-0.39, 0.29) is 30.5 Å². The van der Waals surface area contributed by atoms with E-state index in [0.717, 1.165) is 25.8 Å². The molecule has 2 N–H and O–H groups in total. The molecule has 1 aromatic carbocycles. The van der Waals surface area contributed by atoms with Crippen molar-refractivity contribution in [3.63, 3.8) is 0 Å². The Kier molecular flexibility index (Phi) is 6.11. The number of piperidine rings is 1. The Balaban J connectivity index is 0.00000220. The fourth-order valence-electron chi connectivity index (χ4n) is 2.46. The lowest BCUT2D eigenvalue weighted by Gasteiger charge is -2.33. The van der Waals surface area contributed by atoms with Gasteiger partial charge in [0.05, 0.1) is 10.5 Å². The maximum Gasteiger partial charge on any atom is 0.274 e. The number of carbonyl (C=O) groups is 1. The maximum absolute atomic E-state index is 12.2. The van der Waals surface area contributed by atoms with Gasteiger partial charge < -0.3 is 10.6 Å². The molecule has 0 saturated carbocycles. The first kappa shape index (κ1) is 17.4. The summed E-state index contributed by atoms with van der Waals surface area (Å²) in [5.74, 6) is -0.102. The molecular weight excluding hydrogens is 294 g/mol. The number of nitrogens with one attached hydrogen (secondary N) is 2. The van der Waals surface area contributed by atoms with Gasteiger partial charge in [-0.15, -0.1) is 12.4 Å². The SMILES string of the molecule is CC1(C(=O)NCc2ccccc2[N+](=O)[O-])CCCCN1.Cl. The summed E-state index contributed by atoms with van der Waals surface area (Å²) in [6.07, 6.45) is 2.88. The number of amides is 1. The van der Waals surface area contributed by atoms with E-state index in [4.69, 9.17) is 0 Å². The molecule has 0 aliphatic carbocycles. The number of hydrogen-bond acceptors (Lipinski definition) is 4. The van der Waals surface area contributed by atoms with E-state index in [2.05, 4.69) is 10.6 Å². The highest BCUT2D eigenvalue weighted by atomic mass is 35.5. The molecule has 1 fully saturated rings. The van der Waals surface area contributed by atoms with E-state index < -0.39 is 10.5 Å². The van der Waals surface area contributed by atoms with Gasteiger partial charge in [-0.1, -0.05) is 18.2 Å². The van der Waals surface area contributed by atoms with E-state index in [1.807, 2.05) is 6.92 Å². The molecule has 1 heterocycles. The highest BCUT2D eigenvalue weighted by Gasteiger charge is 2.34. The summed E-state index contributed by atoms with van der Waals surface area (Å²) < 4.78 is 0. The second-order valence-corrected chi connectivity index (χ2v) is 5.28. The van der Waals surface area contributed by atoms with Gasteiger partial charge >= 0.3 is 0 Å². The minimum absolute atomic E-state index is 0. The van der Waals surface area contributed by atoms with Gasteiger partial charge in [-0.2, -0.15) is 0 Å². The number of hydrogen-bond donors (Lipinski definition) is 2. The lowest BCUT2D eigenvalue weighted by atomic mass is 9.90. The van der Waals surface area contributed by atoms with Gasteiger partial charge in [-0.05, 0) is 32.7 Å². The third-order valence-electron chi connectivity index (χ3n) is 3.75. The Morgan fingerprint density at radius 3 is 2.76 bits per heavy atom. The third kappa shape index (κ3) is 4.15. The van der Waals surface area contributed by atoms with Gasteiger partial charge in [-0.3, -0.25) is 14.9 Å².